The van der Waals surface area contributed by atoms with Crippen LogP contribution in [0.2, 0.25) is 0 Å². The Kier molecular flexibility index (Phi) is 4.24. The molecule has 5 nitrogen and oxygen atoms in total. The number of nitrogens with zero attached hydrogens (tertiary/aromatic N) is 1. The molecule has 0 spiro atoms. The summed E-state index contributed by atoms with van der Waals surface area (Å²) in [6, 6.07) is 6.68. The third-order valence-electron chi connectivity index (χ3n) is 2.38. The monoisotopic (exact) mass is 360 g/mol. The van der Waals surface area contributed by atoms with Crippen molar-refractivity contribution in [3.8, 4) is 5.88 Å². The standard InChI is InChI=1S/C12H10BrFN2O3S/c1-19-12-5-3-9(7-15-12)16-20(17,18)11-4-2-8(13)6-10(11)14/h2-7,16H,1H3. The zero-order valence-electron chi connectivity index (χ0n) is 10.3. The highest BCUT2D eigenvalue weighted by Crippen LogP contribution is 2.22. The largest absolute Gasteiger partial charge is 0.481 e. The minimum Gasteiger partial charge on any atom is -0.481 e. The fourth-order valence-corrected chi connectivity index (χ4v) is 2.90. The fourth-order valence-electron chi connectivity index (χ4n) is 1.46. The molecule has 0 radical (unpaired) electrons. The molecule has 0 aliphatic carbocycles. The normalized spacial score (nSPS) is 11.2. The maximum absolute atomic E-state index is 13.7. The van der Waals surface area contributed by atoms with Crippen molar-refractivity contribution < 1.29 is 17.5 Å². The zero-order chi connectivity index (χ0) is 14.8. The van der Waals surface area contributed by atoms with E-state index in [9.17, 15) is 12.8 Å². The van der Waals surface area contributed by atoms with Crippen molar-refractivity contribution in [1.29, 1.82) is 0 Å². The van der Waals surface area contributed by atoms with Gasteiger partial charge in [-0.2, -0.15) is 0 Å². The first-order valence-corrected chi connectivity index (χ1v) is 7.68. The van der Waals surface area contributed by atoms with E-state index in [1.807, 2.05) is 0 Å². The maximum Gasteiger partial charge on any atom is 0.264 e. The minimum atomic E-state index is -4.01. The lowest BCUT2D eigenvalue weighted by Gasteiger charge is -2.09. The smallest absolute Gasteiger partial charge is 0.264 e. The van der Waals surface area contributed by atoms with Crippen LogP contribution in [0.4, 0.5) is 10.1 Å². The SMILES string of the molecule is COc1ccc(NS(=O)(=O)c2ccc(Br)cc2F)cn1. The summed E-state index contributed by atoms with van der Waals surface area (Å²) >= 11 is 3.07. The number of anilines is 1. The van der Waals surface area contributed by atoms with E-state index < -0.39 is 20.7 Å². The topological polar surface area (TPSA) is 68.3 Å². The lowest BCUT2D eigenvalue weighted by molar-refractivity contribution is 0.398. The molecule has 0 fully saturated rings. The Morgan fingerprint density at radius 1 is 1.30 bits per heavy atom. The number of benzene rings is 1. The molecule has 0 aliphatic rings. The molecule has 1 aromatic carbocycles. The maximum atomic E-state index is 13.7. The number of methoxy groups -OCH3 is 1. The highest BCUT2D eigenvalue weighted by Gasteiger charge is 2.19. The molecular formula is C12H10BrFN2O3S. The minimum absolute atomic E-state index is 0.216. The molecule has 0 saturated carbocycles. The van der Waals surface area contributed by atoms with Gasteiger partial charge in [0.2, 0.25) is 5.88 Å². The number of sulfonamides is 1. The van der Waals surface area contributed by atoms with Crippen LogP contribution in [-0.4, -0.2) is 20.5 Å². The Morgan fingerprint density at radius 2 is 2.05 bits per heavy atom. The molecule has 0 amide bonds. The molecule has 2 rings (SSSR count). The molecule has 106 valence electrons. The average molecular weight is 361 g/mol. The van der Waals surface area contributed by atoms with Crippen LogP contribution < -0.4 is 9.46 Å². The van der Waals surface area contributed by atoms with Crippen molar-refractivity contribution in [2.45, 2.75) is 4.90 Å². The second-order valence-electron chi connectivity index (χ2n) is 3.77. The summed E-state index contributed by atoms with van der Waals surface area (Å²) in [6.07, 6.45) is 1.28. The van der Waals surface area contributed by atoms with Crippen LogP contribution in [0.25, 0.3) is 0 Å². The first kappa shape index (κ1) is 14.7. The lowest BCUT2D eigenvalue weighted by Crippen LogP contribution is -2.14. The van der Waals surface area contributed by atoms with Gasteiger partial charge in [-0.15, -0.1) is 0 Å². The lowest BCUT2D eigenvalue weighted by atomic mass is 10.3. The van der Waals surface area contributed by atoms with Crippen molar-refractivity contribution in [1.82, 2.24) is 4.98 Å². The Bertz CT molecular complexity index is 720. The van der Waals surface area contributed by atoms with E-state index in [-0.39, 0.29) is 5.69 Å². The molecular weight excluding hydrogens is 351 g/mol. The quantitative estimate of drug-likeness (QED) is 0.909. The number of nitrogens with one attached hydrogen (secondary N) is 1. The van der Waals surface area contributed by atoms with Crippen LogP contribution in [0.5, 0.6) is 5.88 Å². The first-order chi connectivity index (χ1) is 9.42. The van der Waals surface area contributed by atoms with E-state index >= 15 is 0 Å². The first-order valence-electron chi connectivity index (χ1n) is 5.40. The van der Waals surface area contributed by atoms with E-state index in [1.165, 1.54) is 37.6 Å². The van der Waals surface area contributed by atoms with E-state index in [0.717, 1.165) is 6.07 Å². The van der Waals surface area contributed by atoms with Gasteiger partial charge in [0.15, 0.2) is 0 Å². The molecule has 20 heavy (non-hydrogen) atoms. The zero-order valence-corrected chi connectivity index (χ0v) is 12.7. The van der Waals surface area contributed by atoms with Crippen LogP contribution in [0.3, 0.4) is 0 Å². The molecule has 0 unspecified atom stereocenters. The summed E-state index contributed by atoms with van der Waals surface area (Å²) < 4.78 is 45.4. The van der Waals surface area contributed by atoms with Gasteiger partial charge in [0.1, 0.15) is 10.7 Å². The number of pyridine rings is 1. The second-order valence-corrected chi connectivity index (χ2v) is 6.34. The molecule has 1 aromatic heterocycles. The molecule has 0 atom stereocenters. The average Bonchev–Trinajstić information content (AvgIpc) is 2.38. The summed E-state index contributed by atoms with van der Waals surface area (Å²) in [5, 5.41) is 0. The van der Waals surface area contributed by atoms with Crippen LogP contribution in [0.15, 0.2) is 45.9 Å². The fraction of sp³-hybridized carbons (Fsp3) is 0.0833. The number of halogens is 2. The Labute approximate surface area is 124 Å². The number of aromatic nitrogens is 1. The van der Waals surface area contributed by atoms with Gasteiger partial charge in [0.05, 0.1) is 19.0 Å². The highest BCUT2D eigenvalue weighted by atomic mass is 79.9. The molecule has 1 N–H and O–H groups in total. The van der Waals surface area contributed by atoms with Gasteiger partial charge in [0, 0.05) is 10.5 Å². The third-order valence-corrected chi connectivity index (χ3v) is 4.29. The van der Waals surface area contributed by atoms with Crippen LogP contribution in [-0.2, 0) is 10.0 Å². The number of ether oxygens (including phenoxy) is 1. The number of hydrogen-bond donors (Lipinski definition) is 1. The Hall–Kier alpha value is -1.67. The summed E-state index contributed by atoms with van der Waals surface area (Å²) in [7, 11) is -2.56. The molecule has 2 aromatic rings. The van der Waals surface area contributed by atoms with Gasteiger partial charge in [0.25, 0.3) is 10.0 Å². The van der Waals surface area contributed by atoms with Gasteiger partial charge < -0.3 is 4.74 Å². The van der Waals surface area contributed by atoms with Crippen molar-refractivity contribution in [2.24, 2.45) is 0 Å². The predicted molar refractivity (Wildman–Crippen MR) is 75.7 cm³/mol. The molecule has 0 bridgehead atoms. The number of rotatable bonds is 4. The predicted octanol–water partition coefficient (Wildman–Crippen LogP) is 2.79. The van der Waals surface area contributed by atoms with Crippen molar-refractivity contribution in [3.63, 3.8) is 0 Å². The van der Waals surface area contributed by atoms with Crippen molar-refractivity contribution >= 4 is 31.6 Å². The second kappa shape index (κ2) is 5.76. The number of hydrogen-bond acceptors (Lipinski definition) is 4. The van der Waals surface area contributed by atoms with E-state index in [4.69, 9.17) is 4.74 Å². The Balaban J connectivity index is 2.30. The van der Waals surface area contributed by atoms with Gasteiger partial charge in [-0.05, 0) is 24.3 Å². The van der Waals surface area contributed by atoms with Crippen LogP contribution in [0.1, 0.15) is 0 Å². The summed E-state index contributed by atoms with van der Waals surface area (Å²) in [6.45, 7) is 0. The van der Waals surface area contributed by atoms with Gasteiger partial charge in [-0.1, -0.05) is 15.9 Å². The molecule has 1 heterocycles. The molecule has 8 heteroatoms. The van der Waals surface area contributed by atoms with Crippen molar-refractivity contribution in [2.75, 3.05) is 11.8 Å². The third kappa shape index (κ3) is 3.26. The van der Waals surface area contributed by atoms with E-state index in [2.05, 4.69) is 25.6 Å². The Morgan fingerprint density at radius 3 is 2.60 bits per heavy atom. The van der Waals surface area contributed by atoms with Crippen molar-refractivity contribution in [3.05, 3.63) is 46.8 Å². The summed E-state index contributed by atoms with van der Waals surface area (Å²) in [4.78, 5) is 3.43. The van der Waals surface area contributed by atoms with Gasteiger partial charge in [-0.3, -0.25) is 4.72 Å². The van der Waals surface area contributed by atoms with Crippen LogP contribution in [0, 0.1) is 5.82 Å². The molecule has 0 aliphatic heterocycles. The van der Waals surface area contributed by atoms with E-state index in [0.29, 0.717) is 10.4 Å². The van der Waals surface area contributed by atoms with Gasteiger partial charge in [-0.25, -0.2) is 17.8 Å². The molecule has 0 saturated heterocycles. The van der Waals surface area contributed by atoms with Gasteiger partial charge >= 0.3 is 0 Å². The van der Waals surface area contributed by atoms with Crippen LogP contribution >= 0.6 is 15.9 Å². The summed E-state index contributed by atoms with van der Waals surface area (Å²) in [5.74, 6) is -0.490. The summed E-state index contributed by atoms with van der Waals surface area (Å²) in [5.41, 5.74) is 0.216. The highest BCUT2D eigenvalue weighted by molar-refractivity contribution is 9.10. The van der Waals surface area contributed by atoms with E-state index in [1.54, 1.807) is 0 Å².